The van der Waals surface area contributed by atoms with E-state index in [4.69, 9.17) is 5.73 Å². The third-order valence-electron chi connectivity index (χ3n) is 9.35. The lowest BCUT2D eigenvalue weighted by Gasteiger charge is -2.32. The van der Waals surface area contributed by atoms with Gasteiger partial charge in [-0.3, -0.25) is 0 Å². The van der Waals surface area contributed by atoms with Crippen molar-refractivity contribution in [1.29, 1.82) is 5.26 Å². The van der Waals surface area contributed by atoms with Crippen molar-refractivity contribution in [3.63, 3.8) is 0 Å². The molecule has 1 unspecified atom stereocenters. The van der Waals surface area contributed by atoms with Gasteiger partial charge in [-0.05, 0) is 99.9 Å². The fourth-order valence-electron chi connectivity index (χ4n) is 7.20. The van der Waals surface area contributed by atoms with Crippen molar-refractivity contribution < 1.29 is 8.78 Å². The molecule has 1 atom stereocenters. The summed E-state index contributed by atoms with van der Waals surface area (Å²) in [5.41, 5.74) is 9.22. The summed E-state index contributed by atoms with van der Waals surface area (Å²) < 4.78 is 30.2. The van der Waals surface area contributed by atoms with Gasteiger partial charge in [0.15, 0.2) is 0 Å². The maximum Gasteiger partial charge on any atom is 0.248 e. The smallest absolute Gasteiger partial charge is 0.248 e. The lowest BCUT2D eigenvalue weighted by molar-refractivity contribution is -0.0435. The number of nitrogens with one attached hydrogen (secondary N) is 1. The molecule has 1 aromatic heterocycles. The Bertz CT molecular complexity index is 1050. The zero-order valence-corrected chi connectivity index (χ0v) is 21.5. The van der Waals surface area contributed by atoms with E-state index in [9.17, 15) is 14.0 Å². The van der Waals surface area contributed by atoms with Crippen molar-refractivity contribution >= 4 is 10.9 Å². The highest BCUT2D eigenvalue weighted by atomic mass is 19.3. The van der Waals surface area contributed by atoms with Gasteiger partial charge in [0.1, 0.15) is 0 Å². The minimum Gasteiger partial charge on any atom is -0.344 e. The summed E-state index contributed by atoms with van der Waals surface area (Å²) in [5, 5.41) is 14.6. The second kappa shape index (κ2) is 11.2. The SMILES string of the molecule is N#Cc1ccc2c(c1)c(C(CCN[C@H]1CC[C@H](N)CC1)C1CCCCC1)cn2C1CCC(F)(F)CC1. The molecule has 3 saturated carbocycles. The van der Waals surface area contributed by atoms with Crippen molar-refractivity contribution in [1.82, 2.24) is 9.88 Å². The molecular formula is C30H42F2N4. The van der Waals surface area contributed by atoms with Crippen LogP contribution >= 0.6 is 0 Å². The van der Waals surface area contributed by atoms with Crippen LogP contribution in [-0.2, 0) is 0 Å². The number of aromatic nitrogens is 1. The van der Waals surface area contributed by atoms with Gasteiger partial charge in [-0.15, -0.1) is 0 Å². The van der Waals surface area contributed by atoms with Crippen molar-refractivity contribution in [2.24, 2.45) is 11.7 Å². The molecule has 4 nitrogen and oxygen atoms in total. The molecule has 1 aromatic carbocycles. The first-order chi connectivity index (χ1) is 17.4. The predicted octanol–water partition coefficient (Wildman–Crippen LogP) is 7.18. The van der Waals surface area contributed by atoms with Crippen LogP contribution in [0.25, 0.3) is 10.9 Å². The van der Waals surface area contributed by atoms with E-state index in [1.165, 1.54) is 37.7 Å². The molecular weight excluding hydrogens is 454 g/mol. The molecule has 1 heterocycles. The number of alkyl halides is 2. The number of halogens is 2. The molecule has 3 N–H and O–H groups in total. The molecule has 0 spiro atoms. The average molecular weight is 497 g/mol. The molecule has 2 aromatic rings. The van der Waals surface area contributed by atoms with Gasteiger partial charge < -0.3 is 15.6 Å². The fraction of sp³-hybridized carbons (Fsp3) is 0.700. The van der Waals surface area contributed by atoms with E-state index in [1.807, 2.05) is 18.2 Å². The normalized spacial score (nSPS) is 26.6. The Balaban J connectivity index is 1.43. The molecule has 5 rings (SSSR count). The first-order valence-corrected chi connectivity index (χ1v) is 14.3. The van der Waals surface area contributed by atoms with E-state index in [1.54, 1.807) is 0 Å². The summed E-state index contributed by atoms with van der Waals surface area (Å²) in [7, 11) is 0. The maximum absolute atomic E-state index is 13.9. The lowest BCUT2D eigenvalue weighted by atomic mass is 9.75. The van der Waals surface area contributed by atoms with Crippen LogP contribution in [0, 0.1) is 17.2 Å². The van der Waals surface area contributed by atoms with E-state index in [2.05, 4.69) is 22.1 Å². The molecule has 0 bridgehead atoms. The summed E-state index contributed by atoms with van der Waals surface area (Å²) >= 11 is 0. The van der Waals surface area contributed by atoms with Gasteiger partial charge in [0.25, 0.3) is 0 Å². The third kappa shape index (κ3) is 5.78. The lowest BCUT2D eigenvalue weighted by Crippen LogP contribution is -2.38. The van der Waals surface area contributed by atoms with Gasteiger partial charge in [0, 0.05) is 48.1 Å². The van der Waals surface area contributed by atoms with Gasteiger partial charge >= 0.3 is 0 Å². The fourth-order valence-corrected chi connectivity index (χ4v) is 7.20. The molecule has 0 saturated heterocycles. The topological polar surface area (TPSA) is 66.8 Å². The highest BCUT2D eigenvalue weighted by Crippen LogP contribution is 2.45. The van der Waals surface area contributed by atoms with E-state index >= 15 is 0 Å². The van der Waals surface area contributed by atoms with Gasteiger partial charge in [0.2, 0.25) is 5.92 Å². The van der Waals surface area contributed by atoms with Crippen LogP contribution in [0.3, 0.4) is 0 Å². The van der Waals surface area contributed by atoms with E-state index in [-0.39, 0.29) is 18.9 Å². The zero-order valence-electron chi connectivity index (χ0n) is 21.5. The molecule has 3 fully saturated rings. The van der Waals surface area contributed by atoms with Gasteiger partial charge in [-0.25, -0.2) is 8.78 Å². The summed E-state index contributed by atoms with van der Waals surface area (Å²) in [6.07, 6.45) is 15.2. The van der Waals surface area contributed by atoms with Gasteiger partial charge in [0.05, 0.1) is 11.6 Å². The number of nitrogens with two attached hydrogens (primary N) is 1. The van der Waals surface area contributed by atoms with Crippen molar-refractivity contribution in [2.75, 3.05) is 6.54 Å². The Morgan fingerprint density at radius 3 is 2.44 bits per heavy atom. The van der Waals surface area contributed by atoms with Crippen LogP contribution in [0.4, 0.5) is 8.78 Å². The van der Waals surface area contributed by atoms with Crippen LogP contribution in [0.1, 0.15) is 113 Å². The van der Waals surface area contributed by atoms with E-state index in [0.29, 0.717) is 42.3 Å². The first-order valence-electron chi connectivity index (χ1n) is 14.3. The number of hydrogen-bond acceptors (Lipinski definition) is 3. The largest absolute Gasteiger partial charge is 0.344 e. The Morgan fingerprint density at radius 2 is 1.75 bits per heavy atom. The Morgan fingerprint density at radius 1 is 1.03 bits per heavy atom. The summed E-state index contributed by atoms with van der Waals surface area (Å²) in [5.74, 6) is -1.47. The highest BCUT2D eigenvalue weighted by molar-refractivity contribution is 5.86. The Kier molecular flexibility index (Phi) is 7.98. The molecule has 196 valence electrons. The maximum atomic E-state index is 13.9. The molecule has 3 aliphatic carbocycles. The van der Waals surface area contributed by atoms with Crippen LogP contribution in [0.2, 0.25) is 0 Å². The van der Waals surface area contributed by atoms with Gasteiger partial charge in [-0.1, -0.05) is 19.3 Å². The minimum atomic E-state index is -2.53. The predicted molar refractivity (Wildman–Crippen MR) is 141 cm³/mol. The number of benzene rings is 1. The number of rotatable bonds is 7. The second-order valence-electron chi connectivity index (χ2n) is 11.8. The number of fused-ring (bicyclic) bond motifs is 1. The number of nitriles is 1. The third-order valence-corrected chi connectivity index (χ3v) is 9.35. The summed E-state index contributed by atoms with van der Waals surface area (Å²) in [6, 6.07) is 9.32. The van der Waals surface area contributed by atoms with Crippen LogP contribution in [0.15, 0.2) is 24.4 Å². The first kappa shape index (κ1) is 25.7. The quantitative estimate of drug-likeness (QED) is 0.427. The van der Waals surface area contributed by atoms with E-state index < -0.39 is 5.92 Å². The Hall–Kier alpha value is -1.97. The minimum absolute atomic E-state index is 0.0377. The number of nitrogens with zero attached hydrogens (tertiary/aromatic N) is 2. The van der Waals surface area contributed by atoms with Crippen LogP contribution in [0.5, 0.6) is 0 Å². The van der Waals surface area contributed by atoms with Crippen LogP contribution in [-0.4, -0.2) is 29.1 Å². The monoisotopic (exact) mass is 496 g/mol. The molecule has 0 amide bonds. The van der Waals surface area contributed by atoms with Crippen molar-refractivity contribution in [3.05, 3.63) is 35.5 Å². The summed E-state index contributed by atoms with van der Waals surface area (Å²) in [4.78, 5) is 0. The molecule has 0 radical (unpaired) electrons. The van der Waals surface area contributed by atoms with Crippen molar-refractivity contribution in [2.45, 2.75) is 120 Å². The average Bonchev–Trinajstić information content (AvgIpc) is 3.26. The second-order valence-corrected chi connectivity index (χ2v) is 11.8. The summed E-state index contributed by atoms with van der Waals surface area (Å²) in [6.45, 7) is 0.987. The highest BCUT2D eigenvalue weighted by Gasteiger charge is 2.36. The molecule has 3 aliphatic rings. The Labute approximate surface area is 214 Å². The van der Waals surface area contributed by atoms with Gasteiger partial charge in [-0.2, -0.15) is 5.26 Å². The van der Waals surface area contributed by atoms with Crippen molar-refractivity contribution in [3.8, 4) is 6.07 Å². The van der Waals surface area contributed by atoms with Crippen LogP contribution < -0.4 is 11.1 Å². The van der Waals surface area contributed by atoms with E-state index in [0.717, 1.165) is 49.6 Å². The number of hydrogen-bond donors (Lipinski definition) is 2. The molecule has 0 aliphatic heterocycles. The molecule has 36 heavy (non-hydrogen) atoms. The zero-order chi connectivity index (χ0) is 25.1. The molecule has 6 heteroatoms. The standard InChI is InChI=1S/C30H42F2N4/c31-30(32)15-12-25(13-16-30)36-20-28(27-18-21(19-33)6-11-29(27)36)26(22-4-2-1-3-5-22)14-17-35-24-9-7-23(34)8-10-24/h6,11,18,20,22-26,35H,1-5,7-10,12-17,34H2/t23-,24-,26?.